The Morgan fingerprint density at radius 1 is 0.396 bits per heavy atom. The highest BCUT2D eigenvalue weighted by Crippen LogP contribution is 2.46. The van der Waals surface area contributed by atoms with Gasteiger partial charge in [0, 0.05) is 54.5 Å². The Labute approximate surface area is 275 Å². The summed E-state index contributed by atoms with van der Waals surface area (Å²) in [5.41, 5.74) is 11.2. The summed E-state index contributed by atoms with van der Waals surface area (Å²) in [6, 6.07) is 56.2. The Bertz CT molecular complexity index is 3060. The molecule has 222 valence electrons. The number of fused-ring (bicyclic) bond motifs is 11. The third kappa shape index (κ3) is 3.38. The Hall–Kier alpha value is -6.52. The lowest BCUT2D eigenvalue weighted by molar-refractivity contribution is 1.17. The van der Waals surface area contributed by atoms with Gasteiger partial charge in [-0.25, -0.2) is 9.97 Å². The predicted octanol–water partition coefficient (Wildman–Crippen LogP) is 11.2. The van der Waals surface area contributed by atoms with Crippen molar-refractivity contribution in [1.29, 1.82) is 0 Å². The molecule has 0 N–H and O–H groups in total. The second-order valence-corrected chi connectivity index (χ2v) is 12.6. The van der Waals surface area contributed by atoms with Crippen molar-refractivity contribution in [2.45, 2.75) is 0 Å². The van der Waals surface area contributed by atoms with Crippen LogP contribution in [-0.4, -0.2) is 18.9 Å². The van der Waals surface area contributed by atoms with Crippen LogP contribution in [0.3, 0.4) is 0 Å². The summed E-state index contributed by atoms with van der Waals surface area (Å²) in [6.07, 6.45) is 0. The fraction of sp³-hybridized carbons (Fsp3) is 0. The Kier molecular flexibility index (Phi) is 5.08. The quantitative estimate of drug-likeness (QED) is 0.199. The lowest BCUT2D eigenvalue weighted by atomic mass is 10.0. The number of benzene rings is 7. The molecule has 0 atom stereocenters. The molecule has 4 heterocycles. The summed E-state index contributed by atoms with van der Waals surface area (Å²) in [6.45, 7) is 0. The second-order valence-electron chi connectivity index (χ2n) is 12.6. The van der Waals surface area contributed by atoms with E-state index in [0.717, 1.165) is 33.4 Å². The van der Waals surface area contributed by atoms with Gasteiger partial charge in [-0.05, 0) is 42.5 Å². The van der Waals surface area contributed by atoms with Crippen molar-refractivity contribution in [2.75, 3.05) is 0 Å². The largest absolute Gasteiger partial charge is 0.309 e. The first-order chi connectivity index (χ1) is 23.8. The minimum Gasteiger partial charge on any atom is -0.309 e. The van der Waals surface area contributed by atoms with Gasteiger partial charge in [0.05, 0.1) is 38.8 Å². The Morgan fingerprint density at radius 2 is 1.00 bits per heavy atom. The molecule has 0 radical (unpaired) electrons. The van der Waals surface area contributed by atoms with Crippen LogP contribution >= 0.6 is 0 Å². The molecule has 0 bridgehead atoms. The molecule has 11 rings (SSSR count). The van der Waals surface area contributed by atoms with Gasteiger partial charge < -0.3 is 8.97 Å². The van der Waals surface area contributed by atoms with Crippen molar-refractivity contribution in [3.63, 3.8) is 0 Å². The molecule has 4 nitrogen and oxygen atoms in total. The molecule has 0 aliphatic rings. The van der Waals surface area contributed by atoms with E-state index in [1.165, 1.54) is 59.9 Å². The van der Waals surface area contributed by atoms with Crippen LogP contribution in [0.2, 0.25) is 0 Å². The van der Waals surface area contributed by atoms with Gasteiger partial charge in [0.1, 0.15) is 0 Å². The number of hydrogen-bond donors (Lipinski definition) is 0. The molecule has 0 unspecified atom stereocenters. The van der Waals surface area contributed by atoms with E-state index in [2.05, 4.69) is 155 Å². The first-order valence-corrected chi connectivity index (χ1v) is 16.4. The lowest BCUT2D eigenvalue weighted by Gasteiger charge is -2.12. The van der Waals surface area contributed by atoms with Crippen LogP contribution in [0.1, 0.15) is 0 Å². The molecule has 0 fully saturated rings. The normalized spacial score (nSPS) is 12.2. The first-order valence-electron chi connectivity index (χ1n) is 16.4. The highest BCUT2D eigenvalue weighted by Gasteiger charge is 2.24. The molecule has 7 aromatic carbocycles. The van der Waals surface area contributed by atoms with Gasteiger partial charge in [0.2, 0.25) is 0 Å². The average molecular weight is 611 g/mol. The summed E-state index contributed by atoms with van der Waals surface area (Å²) < 4.78 is 4.91. The van der Waals surface area contributed by atoms with E-state index in [9.17, 15) is 0 Å². The molecule has 48 heavy (non-hydrogen) atoms. The number of nitrogens with zero attached hydrogens (tertiary/aromatic N) is 4. The number of para-hydroxylation sites is 4. The summed E-state index contributed by atoms with van der Waals surface area (Å²) in [4.78, 5) is 10.3. The Morgan fingerprint density at radius 3 is 1.81 bits per heavy atom. The first kappa shape index (κ1) is 25.6. The third-order valence-electron chi connectivity index (χ3n) is 10.0. The van der Waals surface area contributed by atoms with E-state index in [1.54, 1.807) is 0 Å². The molecule has 0 aliphatic heterocycles. The smallest absolute Gasteiger partial charge is 0.160 e. The molecular formula is C44H26N4. The van der Waals surface area contributed by atoms with Gasteiger partial charge in [-0.15, -0.1) is 0 Å². The van der Waals surface area contributed by atoms with Gasteiger partial charge in [-0.2, -0.15) is 0 Å². The lowest BCUT2D eigenvalue weighted by Crippen LogP contribution is -1.98. The summed E-state index contributed by atoms with van der Waals surface area (Å²) in [5.74, 6) is 0.715. The maximum Gasteiger partial charge on any atom is 0.160 e. The molecule has 0 amide bonds. The van der Waals surface area contributed by atoms with Crippen LogP contribution in [0.5, 0.6) is 0 Å². The average Bonchev–Trinajstić information content (AvgIpc) is 3.79. The molecule has 11 aromatic rings. The predicted molar refractivity (Wildman–Crippen MR) is 199 cm³/mol. The highest BCUT2D eigenvalue weighted by atomic mass is 15.0. The molecule has 0 saturated carbocycles. The maximum absolute atomic E-state index is 5.20. The topological polar surface area (TPSA) is 35.1 Å². The SMILES string of the molecule is c1ccc(-c2nc(-c3cccc(-n4c5ccccc5c5cc6c7ccccc7n7c8ccccc8c(c54)c67)c3)nc3ccccc23)cc1. The number of hydrogen-bond acceptors (Lipinski definition) is 2. The maximum atomic E-state index is 5.20. The van der Waals surface area contributed by atoms with Crippen molar-refractivity contribution in [3.05, 3.63) is 158 Å². The van der Waals surface area contributed by atoms with E-state index in [1.807, 2.05) is 12.1 Å². The van der Waals surface area contributed by atoms with Crippen LogP contribution in [0.15, 0.2) is 158 Å². The van der Waals surface area contributed by atoms with Crippen molar-refractivity contribution in [1.82, 2.24) is 18.9 Å². The zero-order valence-corrected chi connectivity index (χ0v) is 25.8. The third-order valence-corrected chi connectivity index (χ3v) is 10.0. The monoisotopic (exact) mass is 610 g/mol. The van der Waals surface area contributed by atoms with Crippen molar-refractivity contribution in [2.24, 2.45) is 0 Å². The van der Waals surface area contributed by atoms with Crippen molar-refractivity contribution < 1.29 is 0 Å². The number of rotatable bonds is 3. The van der Waals surface area contributed by atoms with E-state index in [4.69, 9.17) is 9.97 Å². The van der Waals surface area contributed by atoms with E-state index in [-0.39, 0.29) is 0 Å². The van der Waals surface area contributed by atoms with E-state index in [0.29, 0.717) is 5.82 Å². The highest BCUT2D eigenvalue weighted by molar-refractivity contribution is 6.34. The van der Waals surface area contributed by atoms with Gasteiger partial charge in [0.25, 0.3) is 0 Å². The van der Waals surface area contributed by atoms with E-state index < -0.39 is 0 Å². The van der Waals surface area contributed by atoms with Crippen molar-refractivity contribution in [3.8, 4) is 28.3 Å². The minimum atomic E-state index is 0.715. The van der Waals surface area contributed by atoms with Crippen molar-refractivity contribution >= 4 is 70.8 Å². The fourth-order valence-electron chi connectivity index (χ4n) is 8.03. The fourth-order valence-corrected chi connectivity index (χ4v) is 8.03. The van der Waals surface area contributed by atoms with Gasteiger partial charge in [0.15, 0.2) is 5.82 Å². The van der Waals surface area contributed by atoms with Crippen LogP contribution in [0, 0.1) is 0 Å². The van der Waals surface area contributed by atoms with Crippen LogP contribution in [-0.2, 0) is 0 Å². The van der Waals surface area contributed by atoms with Crippen LogP contribution in [0.4, 0.5) is 0 Å². The van der Waals surface area contributed by atoms with Gasteiger partial charge in [-0.1, -0.05) is 115 Å². The van der Waals surface area contributed by atoms with Gasteiger partial charge in [-0.3, -0.25) is 0 Å². The Balaban J connectivity index is 1.25. The molecule has 4 aromatic heterocycles. The standard InChI is InChI=1S/C44H26N4/c1-2-13-27(14-3-1)41-32-19-4-8-21-36(32)45-44(46-41)28-15-12-16-29(25-28)47-37-22-9-5-17-30(37)34-26-35-31-18-6-10-23-38(31)48-39-24-11-7-20-33(39)40(42(34)47)43(35)48/h1-26H. The number of aromatic nitrogens is 4. The van der Waals surface area contributed by atoms with Gasteiger partial charge >= 0.3 is 0 Å². The molecule has 0 saturated heterocycles. The second kappa shape index (κ2) is 9.50. The summed E-state index contributed by atoms with van der Waals surface area (Å²) in [7, 11) is 0. The molecule has 0 spiro atoms. The molecule has 0 aliphatic carbocycles. The summed E-state index contributed by atoms with van der Waals surface area (Å²) >= 11 is 0. The van der Waals surface area contributed by atoms with Crippen LogP contribution in [0.25, 0.3) is 99.1 Å². The zero-order chi connectivity index (χ0) is 31.3. The molecular weight excluding hydrogens is 585 g/mol. The minimum absolute atomic E-state index is 0.715. The molecule has 4 heteroatoms. The summed E-state index contributed by atoms with van der Waals surface area (Å²) in [5, 5.41) is 8.67. The van der Waals surface area contributed by atoms with E-state index >= 15 is 0 Å². The van der Waals surface area contributed by atoms with Crippen LogP contribution < -0.4 is 0 Å². The zero-order valence-electron chi connectivity index (χ0n) is 25.8.